The molecule has 1 atom stereocenters. The van der Waals surface area contributed by atoms with E-state index >= 15 is 0 Å². The van der Waals surface area contributed by atoms with Crippen molar-refractivity contribution in [1.29, 1.82) is 0 Å². The van der Waals surface area contributed by atoms with E-state index in [1.54, 1.807) is 0 Å². The number of hydrogen-bond donors (Lipinski definition) is 1. The van der Waals surface area contributed by atoms with Crippen LogP contribution in [-0.4, -0.2) is 26.6 Å². The second-order valence-electron chi connectivity index (χ2n) is 3.07. The van der Waals surface area contributed by atoms with Gasteiger partial charge >= 0.3 is 0 Å². The van der Waals surface area contributed by atoms with Gasteiger partial charge in [-0.25, -0.2) is 0 Å². The van der Waals surface area contributed by atoms with Crippen molar-refractivity contribution in [3.8, 4) is 0 Å². The van der Waals surface area contributed by atoms with Gasteiger partial charge in [0.25, 0.3) is 11.2 Å². The largest absolute Gasteiger partial charge is 0.390 e. The van der Waals surface area contributed by atoms with Crippen molar-refractivity contribution in [2.45, 2.75) is 12.6 Å². The third-order valence-electron chi connectivity index (χ3n) is 1.82. The SMILES string of the molecule is O=c1c(Br)cc([N+](=O)[O-])cn1CC(O)CCl. The molecule has 1 aromatic rings. The van der Waals surface area contributed by atoms with Gasteiger partial charge in [0.1, 0.15) is 0 Å². The van der Waals surface area contributed by atoms with E-state index in [0.717, 1.165) is 16.8 Å². The third kappa shape index (κ3) is 3.03. The highest BCUT2D eigenvalue weighted by molar-refractivity contribution is 9.10. The lowest BCUT2D eigenvalue weighted by Crippen LogP contribution is -2.27. The van der Waals surface area contributed by atoms with E-state index < -0.39 is 16.6 Å². The van der Waals surface area contributed by atoms with Gasteiger partial charge < -0.3 is 9.67 Å². The van der Waals surface area contributed by atoms with E-state index in [9.17, 15) is 20.0 Å². The van der Waals surface area contributed by atoms with Gasteiger partial charge in [0.2, 0.25) is 0 Å². The lowest BCUT2D eigenvalue weighted by atomic mass is 10.3. The van der Waals surface area contributed by atoms with E-state index in [1.807, 2.05) is 0 Å². The number of hydrogen-bond acceptors (Lipinski definition) is 4. The van der Waals surface area contributed by atoms with Crippen molar-refractivity contribution in [2.75, 3.05) is 5.88 Å². The van der Waals surface area contributed by atoms with Crippen LogP contribution in [-0.2, 0) is 6.54 Å². The molecule has 1 heterocycles. The molecule has 0 aliphatic rings. The Hall–Kier alpha value is -0.920. The molecular weight excluding hydrogens is 303 g/mol. The molecule has 1 rings (SSSR count). The van der Waals surface area contributed by atoms with Crippen molar-refractivity contribution in [3.05, 3.63) is 37.2 Å². The monoisotopic (exact) mass is 310 g/mol. The average Bonchev–Trinajstić information content (AvgIpc) is 2.23. The molecule has 0 bridgehead atoms. The van der Waals surface area contributed by atoms with Crippen molar-refractivity contribution in [1.82, 2.24) is 4.57 Å². The molecule has 0 aliphatic carbocycles. The van der Waals surface area contributed by atoms with Crippen LogP contribution in [0.4, 0.5) is 5.69 Å². The number of halogens is 2. The molecule has 16 heavy (non-hydrogen) atoms. The molecule has 88 valence electrons. The Labute approximate surface area is 104 Å². The van der Waals surface area contributed by atoms with Crippen molar-refractivity contribution in [3.63, 3.8) is 0 Å². The van der Waals surface area contributed by atoms with E-state index in [4.69, 9.17) is 11.6 Å². The Morgan fingerprint density at radius 2 is 2.31 bits per heavy atom. The standard InChI is InChI=1S/C8H8BrClN2O4/c9-7-1-5(12(15)16)3-11(8(7)14)4-6(13)2-10/h1,3,6,13H,2,4H2. The molecule has 0 aromatic carbocycles. The predicted molar refractivity (Wildman–Crippen MR) is 61.8 cm³/mol. The minimum atomic E-state index is -0.923. The van der Waals surface area contributed by atoms with E-state index in [0.29, 0.717) is 0 Å². The molecular formula is C8H8BrClN2O4. The normalized spacial score (nSPS) is 12.4. The zero-order chi connectivity index (χ0) is 12.3. The Morgan fingerprint density at radius 1 is 1.69 bits per heavy atom. The van der Waals surface area contributed by atoms with Crippen molar-refractivity contribution < 1.29 is 10.0 Å². The number of aliphatic hydroxyl groups excluding tert-OH is 1. The average molecular weight is 312 g/mol. The maximum atomic E-state index is 11.5. The minimum absolute atomic E-state index is 0.0489. The molecule has 1 aromatic heterocycles. The van der Waals surface area contributed by atoms with E-state index in [1.165, 1.54) is 0 Å². The third-order valence-corrected chi connectivity index (χ3v) is 2.75. The van der Waals surface area contributed by atoms with Crippen LogP contribution < -0.4 is 5.56 Å². The summed E-state index contributed by atoms with van der Waals surface area (Å²) in [7, 11) is 0. The summed E-state index contributed by atoms with van der Waals surface area (Å²) in [4.78, 5) is 21.5. The zero-order valence-corrected chi connectivity index (χ0v) is 10.3. The fraction of sp³-hybridized carbons (Fsp3) is 0.375. The maximum Gasteiger partial charge on any atom is 0.286 e. The number of rotatable bonds is 4. The van der Waals surface area contributed by atoms with Crippen LogP contribution in [0.2, 0.25) is 0 Å². The van der Waals surface area contributed by atoms with Gasteiger partial charge in [0, 0.05) is 6.07 Å². The predicted octanol–water partition coefficient (Wildman–Crippen LogP) is 1.12. The van der Waals surface area contributed by atoms with Crippen molar-refractivity contribution in [2.24, 2.45) is 0 Å². The Balaban J connectivity index is 3.17. The van der Waals surface area contributed by atoms with Gasteiger partial charge in [-0.1, -0.05) is 0 Å². The van der Waals surface area contributed by atoms with Crippen molar-refractivity contribution >= 4 is 33.2 Å². The van der Waals surface area contributed by atoms with E-state index in [-0.39, 0.29) is 22.6 Å². The second-order valence-corrected chi connectivity index (χ2v) is 4.23. The summed E-state index contributed by atoms with van der Waals surface area (Å²) in [5.41, 5.74) is -0.678. The summed E-state index contributed by atoms with van der Waals surface area (Å²) in [6, 6.07) is 1.12. The number of aliphatic hydroxyl groups is 1. The van der Waals surface area contributed by atoms with Crippen LogP contribution in [0.1, 0.15) is 0 Å². The molecule has 1 N–H and O–H groups in total. The first-order valence-corrected chi connectivity index (χ1v) is 5.57. The molecule has 1 unspecified atom stereocenters. The number of aromatic nitrogens is 1. The smallest absolute Gasteiger partial charge is 0.286 e. The molecule has 0 saturated heterocycles. The van der Waals surface area contributed by atoms with Crippen LogP contribution in [0.3, 0.4) is 0 Å². The fourth-order valence-corrected chi connectivity index (χ4v) is 1.66. The number of nitro groups is 1. The van der Waals surface area contributed by atoms with Gasteiger partial charge in [-0.2, -0.15) is 0 Å². The highest BCUT2D eigenvalue weighted by Gasteiger charge is 2.14. The molecule has 8 heteroatoms. The van der Waals surface area contributed by atoms with Crippen LogP contribution in [0.25, 0.3) is 0 Å². The van der Waals surface area contributed by atoms with Gasteiger partial charge in [0.05, 0.1) is 34.1 Å². The summed E-state index contributed by atoms with van der Waals surface area (Å²) >= 11 is 8.31. The maximum absolute atomic E-state index is 11.5. The minimum Gasteiger partial charge on any atom is -0.390 e. The van der Waals surface area contributed by atoms with Crippen LogP contribution in [0, 0.1) is 10.1 Å². The Bertz CT molecular complexity index is 462. The highest BCUT2D eigenvalue weighted by atomic mass is 79.9. The molecule has 0 fully saturated rings. The number of nitrogens with zero attached hydrogens (tertiary/aromatic N) is 2. The molecule has 0 spiro atoms. The number of pyridine rings is 1. The first-order valence-electron chi connectivity index (χ1n) is 4.24. The van der Waals surface area contributed by atoms with Crippen LogP contribution >= 0.6 is 27.5 Å². The lowest BCUT2D eigenvalue weighted by Gasteiger charge is -2.09. The second kappa shape index (κ2) is 5.42. The van der Waals surface area contributed by atoms with Gasteiger partial charge in [-0.05, 0) is 15.9 Å². The van der Waals surface area contributed by atoms with E-state index in [2.05, 4.69) is 15.9 Å². The summed E-state index contributed by atoms with van der Waals surface area (Å²) < 4.78 is 1.12. The Morgan fingerprint density at radius 3 is 2.81 bits per heavy atom. The van der Waals surface area contributed by atoms with Gasteiger partial charge in [0.15, 0.2) is 0 Å². The highest BCUT2D eigenvalue weighted by Crippen LogP contribution is 2.14. The number of alkyl halides is 1. The quantitative estimate of drug-likeness (QED) is 0.513. The molecule has 0 amide bonds. The zero-order valence-electron chi connectivity index (χ0n) is 7.97. The first kappa shape index (κ1) is 13.1. The van der Waals surface area contributed by atoms with Gasteiger partial charge in [-0.3, -0.25) is 14.9 Å². The Kier molecular flexibility index (Phi) is 4.45. The molecule has 0 aliphatic heterocycles. The van der Waals surface area contributed by atoms with Crippen LogP contribution in [0.5, 0.6) is 0 Å². The summed E-state index contributed by atoms with van der Waals surface area (Å²) in [6.07, 6.45) is 0.149. The topological polar surface area (TPSA) is 85.4 Å². The summed E-state index contributed by atoms with van der Waals surface area (Å²) in [6.45, 7) is -0.0807. The van der Waals surface area contributed by atoms with Crippen LogP contribution in [0.15, 0.2) is 21.5 Å². The molecule has 0 saturated carbocycles. The summed E-state index contributed by atoms with van der Waals surface area (Å²) in [5, 5.41) is 19.8. The fourth-order valence-electron chi connectivity index (χ4n) is 1.10. The lowest BCUT2D eigenvalue weighted by molar-refractivity contribution is -0.385. The van der Waals surface area contributed by atoms with Gasteiger partial charge in [-0.15, -0.1) is 11.6 Å². The molecule has 6 nitrogen and oxygen atoms in total. The first-order chi connectivity index (χ1) is 7.45. The summed E-state index contributed by atoms with van der Waals surface area (Å²) in [5.74, 6) is -0.0489. The molecule has 0 radical (unpaired) electrons.